The zero-order chi connectivity index (χ0) is 26.5. The van der Waals surface area contributed by atoms with E-state index in [9.17, 15) is 22.8 Å². The summed E-state index contributed by atoms with van der Waals surface area (Å²) < 4.78 is 52.5. The number of thiazole rings is 1. The van der Waals surface area contributed by atoms with Crippen molar-refractivity contribution in [3.05, 3.63) is 58.7 Å². The Labute approximate surface area is 209 Å². The van der Waals surface area contributed by atoms with Crippen LogP contribution in [0.25, 0.3) is 11.1 Å². The van der Waals surface area contributed by atoms with E-state index in [1.54, 1.807) is 12.3 Å². The lowest BCUT2D eigenvalue weighted by Gasteiger charge is -2.30. The second-order valence-corrected chi connectivity index (χ2v) is 9.58. The maximum Gasteiger partial charge on any atom is 0.419 e. The maximum absolute atomic E-state index is 13.9. The summed E-state index contributed by atoms with van der Waals surface area (Å²) in [7, 11) is 0. The molecule has 0 saturated carbocycles. The predicted molar refractivity (Wildman–Crippen MR) is 129 cm³/mol. The van der Waals surface area contributed by atoms with Crippen LogP contribution >= 0.6 is 11.3 Å². The van der Waals surface area contributed by atoms with Gasteiger partial charge in [0.15, 0.2) is 5.01 Å². The van der Waals surface area contributed by atoms with Gasteiger partial charge in [-0.2, -0.15) is 13.2 Å². The van der Waals surface area contributed by atoms with Crippen LogP contribution in [0.2, 0.25) is 0 Å². The van der Waals surface area contributed by atoms with Crippen LogP contribution in [0.5, 0.6) is 5.75 Å². The van der Waals surface area contributed by atoms with Crippen molar-refractivity contribution in [1.29, 1.82) is 0 Å². The van der Waals surface area contributed by atoms with Crippen molar-refractivity contribution < 1.29 is 32.2 Å². The van der Waals surface area contributed by atoms with Gasteiger partial charge in [-0.3, -0.25) is 4.79 Å². The Hall–Kier alpha value is -3.67. The van der Waals surface area contributed by atoms with E-state index < -0.39 is 35.1 Å². The Bertz CT molecular complexity index is 1220. The SMILES string of the molecule is CC(C)C[C@@](C)(COc1ccc(-c2ccnc(NC(=O)c3nccs3)c2)cc1C(F)(F)F)OC(N)=O. The minimum Gasteiger partial charge on any atom is -0.489 e. The van der Waals surface area contributed by atoms with E-state index in [1.807, 2.05) is 13.8 Å². The molecule has 12 heteroatoms. The van der Waals surface area contributed by atoms with Crippen LogP contribution in [0.15, 0.2) is 48.1 Å². The highest BCUT2D eigenvalue weighted by molar-refractivity contribution is 7.11. The standard InChI is InChI=1S/C24H25F3N4O4S/c1-14(2)12-23(3,35-22(28)33)13-34-18-5-4-15(10-17(18)24(25,26)27)16-6-7-29-19(11-16)31-20(32)21-30-8-9-36-21/h4-11,14H,12-13H2,1-3H3,(H2,28,33)(H,29,31,32)/t23-/m0/s1. The number of aromatic nitrogens is 2. The van der Waals surface area contributed by atoms with Gasteiger partial charge in [-0.25, -0.2) is 14.8 Å². The summed E-state index contributed by atoms with van der Waals surface area (Å²) in [6, 6.07) is 6.59. The summed E-state index contributed by atoms with van der Waals surface area (Å²) in [6.45, 7) is 4.98. The predicted octanol–water partition coefficient (Wildman–Crippen LogP) is 5.76. The number of pyridine rings is 1. The second-order valence-electron chi connectivity index (χ2n) is 8.69. The second kappa shape index (κ2) is 10.9. The average Bonchev–Trinajstić information content (AvgIpc) is 3.31. The first kappa shape index (κ1) is 26.9. The van der Waals surface area contributed by atoms with Crippen LogP contribution in [0, 0.1) is 5.92 Å². The normalized spacial score (nSPS) is 13.2. The molecule has 0 bridgehead atoms. The molecule has 8 nitrogen and oxygen atoms in total. The molecule has 1 aromatic carbocycles. The monoisotopic (exact) mass is 522 g/mol. The fraction of sp³-hybridized carbons (Fsp3) is 0.333. The summed E-state index contributed by atoms with van der Waals surface area (Å²) in [5.74, 6) is -0.660. The van der Waals surface area contributed by atoms with E-state index in [2.05, 4.69) is 15.3 Å². The Morgan fingerprint density at radius 2 is 1.83 bits per heavy atom. The number of carbonyl (C=O) groups is 2. The number of nitrogens with one attached hydrogen (secondary N) is 1. The highest BCUT2D eigenvalue weighted by Crippen LogP contribution is 2.39. The van der Waals surface area contributed by atoms with E-state index in [0.29, 0.717) is 12.0 Å². The Kier molecular flexibility index (Phi) is 8.18. The van der Waals surface area contributed by atoms with Gasteiger partial charge in [-0.1, -0.05) is 19.9 Å². The molecular formula is C24H25F3N4O4S. The smallest absolute Gasteiger partial charge is 0.419 e. The molecule has 2 amide bonds. The van der Waals surface area contributed by atoms with Crippen molar-refractivity contribution in [1.82, 2.24) is 9.97 Å². The highest BCUT2D eigenvalue weighted by atomic mass is 32.1. The number of rotatable bonds is 9. The molecular weight excluding hydrogens is 497 g/mol. The number of carbonyl (C=O) groups excluding carboxylic acids is 2. The maximum atomic E-state index is 13.9. The summed E-state index contributed by atoms with van der Waals surface area (Å²) in [5.41, 5.74) is 3.57. The molecule has 0 aliphatic heterocycles. The molecule has 3 aromatic rings. The molecule has 0 unspecified atom stereocenters. The van der Waals surface area contributed by atoms with Gasteiger partial charge in [-0.15, -0.1) is 11.3 Å². The lowest BCUT2D eigenvalue weighted by molar-refractivity contribution is -0.139. The fourth-order valence-electron chi connectivity index (χ4n) is 3.71. The van der Waals surface area contributed by atoms with Crippen LogP contribution in [0.1, 0.15) is 42.6 Å². The Morgan fingerprint density at radius 3 is 2.44 bits per heavy atom. The average molecular weight is 523 g/mol. The molecule has 2 heterocycles. The van der Waals surface area contributed by atoms with Crippen molar-refractivity contribution in [2.45, 2.75) is 39.0 Å². The van der Waals surface area contributed by atoms with Crippen molar-refractivity contribution in [3.63, 3.8) is 0 Å². The molecule has 0 radical (unpaired) electrons. The van der Waals surface area contributed by atoms with Crippen molar-refractivity contribution in [2.75, 3.05) is 11.9 Å². The molecule has 192 valence electrons. The van der Waals surface area contributed by atoms with E-state index in [-0.39, 0.29) is 28.9 Å². The first-order valence-electron chi connectivity index (χ1n) is 10.9. The van der Waals surface area contributed by atoms with Crippen molar-refractivity contribution >= 4 is 29.2 Å². The number of alkyl halides is 3. The summed E-state index contributed by atoms with van der Waals surface area (Å²) >= 11 is 1.15. The molecule has 36 heavy (non-hydrogen) atoms. The van der Waals surface area contributed by atoms with E-state index >= 15 is 0 Å². The quantitative estimate of drug-likeness (QED) is 0.369. The minimum absolute atomic E-state index is 0.0689. The van der Waals surface area contributed by atoms with Gasteiger partial charge >= 0.3 is 12.3 Å². The minimum atomic E-state index is -4.72. The van der Waals surface area contributed by atoms with Crippen LogP contribution in [-0.2, 0) is 10.9 Å². The number of amides is 2. The lowest BCUT2D eigenvalue weighted by atomic mass is 9.95. The van der Waals surface area contributed by atoms with E-state index in [1.165, 1.54) is 36.7 Å². The van der Waals surface area contributed by atoms with Gasteiger partial charge in [0.1, 0.15) is 23.8 Å². The van der Waals surface area contributed by atoms with Gasteiger partial charge in [0, 0.05) is 17.8 Å². The molecule has 3 N–H and O–H groups in total. The third kappa shape index (κ3) is 7.17. The largest absolute Gasteiger partial charge is 0.489 e. The van der Waals surface area contributed by atoms with Gasteiger partial charge in [0.2, 0.25) is 0 Å². The van der Waals surface area contributed by atoms with Crippen LogP contribution in [0.3, 0.4) is 0 Å². The molecule has 1 atom stereocenters. The number of primary amides is 1. The Balaban J connectivity index is 1.87. The third-order valence-corrected chi connectivity index (χ3v) is 5.74. The number of nitrogens with two attached hydrogens (primary N) is 1. The van der Waals surface area contributed by atoms with Crippen molar-refractivity contribution in [3.8, 4) is 16.9 Å². The molecule has 0 aliphatic carbocycles. The first-order chi connectivity index (χ1) is 16.9. The first-order valence-corrected chi connectivity index (χ1v) is 11.7. The summed E-state index contributed by atoms with van der Waals surface area (Å²) in [6.07, 6.45) is -2.56. The number of hydrogen-bond acceptors (Lipinski definition) is 7. The molecule has 3 rings (SSSR count). The molecule has 2 aromatic heterocycles. The summed E-state index contributed by atoms with van der Waals surface area (Å²) in [5, 5.41) is 4.45. The molecule has 0 spiro atoms. The van der Waals surface area contributed by atoms with Gasteiger partial charge in [0.25, 0.3) is 5.91 Å². The van der Waals surface area contributed by atoms with Gasteiger partial charge in [0.05, 0.1) is 5.56 Å². The number of halogens is 3. The number of anilines is 1. The Morgan fingerprint density at radius 1 is 1.11 bits per heavy atom. The van der Waals surface area contributed by atoms with Crippen LogP contribution < -0.4 is 15.8 Å². The summed E-state index contributed by atoms with van der Waals surface area (Å²) in [4.78, 5) is 31.5. The topological polar surface area (TPSA) is 116 Å². The zero-order valence-electron chi connectivity index (χ0n) is 19.8. The van der Waals surface area contributed by atoms with Gasteiger partial charge < -0.3 is 20.5 Å². The lowest BCUT2D eigenvalue weighted by Crippen LogP contribution is -2.41. The van der Waals surface area contributed by atoms with Crippen molar-refractivity contribution in [2.24, 2.45) is 11.7 Å². The van der Waals surface area contributed by atoms with Crippen LogP contribution in [-0.4, -0.2) is 34.2 Å². The van der Waals surface area contributed by atoms with E-state index in [4.69, 9.17) is 15.2 Å². The fourth-order valence-corrected chi connectivity index (χ4v) is 4.24. The number of nitrogens with zero attached hydrogens (tertiary/aromatic N) is 2. The third-order valence-electron chi connectivity index (χ3n) is 4.97. The molecule has 0 saturated heterocycles. The van der Waals surface area contributed by atoms with E-state index in [0.717, 1.165) is 17.4 Å². The number of benzene rings is 1. The molecule has 0 aliphatic rings. The molecule has 0 fully saturated rings. The number of hydrogen-bond donors (Lipinski definition) is 2. The zero-order valence-corrected chi connectivity index (χ0v) is 20.6. The number of ether oxygens (including phenoxy) is 2. The van der Waals surface area contributed by atoms with Gasteiger partial charge in [-0.05, 0) is 54.7 Å². The highest BCUT2D eigenvalue weighted by Gasteiger charge is 2.36. The van der Waals surface area contributed by atoms with Crippen LogP contribution in [0.4, 0.5) is 23.8 Å².